The molecule has 0 aromatic carbocycles. The highest BCUT2D eigenvalue weighted by molar-refractivity contribution is 7.87. The van der Waals surface area contributed by atoms with Crippen molar-refractivity contribution in [3.8, 4) is 0 Å². The van der Waals surface area contributed by atoms with Gasteiger partial charge >= 0.3 is 0 Å². The molecule has 1 fully saturated rings. The lowest BCUT2D eigenvalue weighted by Crippen LogP contribution is -2.44. The van der Waals surface area contributed by atoms with Gasteiger partial charge in [-0.05, 0) is 31.7 Å². The first kappa shape index (κ1) is 14.9. The Bertz CT molecular complexity index is 315. The lowest BCUT2D eigenvalue weighted by Gasteiger charge is -2.22. The standard InChI is InChI=1S/C11H25N3O2S/c1-3-11(9-10-5-6-10)13-17(15,16)14(2)8-4-7-12/h10-11,13H,3-9,12H2,1-2H3. The average Bonchev–Trinajstić information content (AvgIpc) is 3.08. The average molecular weight is 263 g/mol. The van der Waals surface area contributed by atoms with Crippen molar-refractivity contribution in [3.05, 3.63) is 0 Å². The first-order valence-electron chi connectivity index (χ1n) is 6.43. The van der Waals surface area contributed by atoms with E-state index in [1.165, 1.54) is 17.1 Å². The van der Waals surface area contributed by atoms with Gasteiger partial charge < -0.3 is 5.73 Å². The molecule has 1 aliphatic rings. The molecule has 1 unspecified atom stereocenters. The Labute approximate surface area is 105 Å². The van der Waals surface area contributed by atoms with E-state index in [1.54, 1.807) is 7.05 Å². The van der Waals surface area contributed by atoms with Crippen LogP contribution in [0.15, 0.2) is 0 Å². The van der Waals surface area contributed by atoms with Gasteiger partial charge in [-0.15, -0.1) is 0 Å². The van der Waals surface area contributed by atoms with E-state index in [1.807, 2.05) is 6.92 Å². The van der Waals surface area contributed by atoms with E-state index in [4.69, 9.17) is 5.73 Å². The maximum Gasteiger partial charge on any atom is 0.279 e. The van der Waals surface area contributed by atoms with E-state index in [-0.39, 0.29) is 6.04 Å². The zero-order valence-corrected chi connectivity index (χ0v) is 11.7. The van der Waals surface area contributed by atoms with Crippen LogP contribution < -0.4 is 10.5 Å². The maximum atomic E-state index is 12.0. The first-order chi connectivity index (χ1) is 7.99. The molecule has 1 aliphatic carbocycles. The highest BCUT2D eigenvalue weighted by Crippen LogP contribution is 2.34. The van der Waals surface area contributed by atoms with Crippen molar-refractivity contribution in [1.82, 2.24) is 9.03 Å². The molecule has 1 rings (SSSR count). The second kappa shape index (κ2) is 6.68. The minimum absolute atomic E-state index is 0.0767. The molecule has 1 atom stereocenters. The van der Waals surface area contributed by atoms with E-state index in [2.05, 4.69) is 4.72 Å². The molecule has 0 aliphatic heterocycles. The van der Waals surface area contributed by atoms with Crippen LogP contribution in [-0.4, -0.2) is 38.9 Å². The van der Waals surface area contributed by atoms with Gasteiger partial charge in [-0.3, -0.25) is 0 Å². The van der Waals surface area contributed by atoms with Crippen LogP contribution >= 0.6 is 0 Å². The van der Waals surface area contributed by atoms with Gasteiger partial charge in [0.1, 0.15) is 0 Å². The third-order valence-corrected chi connectivity index (χ3v) is 4.85. The van der Waals surface area contributed by atoms with Crippen molar-refractivity contribution >= 4 is 10.2 Å². The van der Waals surface area contributed by atoms with Crippen LogP contribution in [-0.2, 0) is 10.2 Å². The quantitative estimate of drug-likeness (QED) is 0.642. The molecule has 102 valence electrons. The minimum atomic E-state index is -3.33. The second-order valence-electron chi connectivity index (χ2n) is 4.87. The summed E-state index contributed by atoms with van der Waals surface area (Å²) in [6, 6.07) is 0.0767. The lowest BCUT2D eigenvalue weighted by atomic mass is 10.1. The second-order valence-corrected chi connectivity index (χ2v) is 6.68. The summed E-state index contributed by atoms with van der Waals surface area (Å²) in [7, 11) is -1.73. The van der Waals surface area contributed by atoms with Gasteiger partial charge in [0, 0.05) is 19.6 Å². The van der Waals surface area contributed by atoms with Gasteiger partial charge in [0.2, 0.25) is 0 Å². The summed E-state index contributed by atoms with van der Waals surface area (Å²) in [6.45, 7) is 3.01. The number of nitrogens with zero attached hydrogens (tertiary/aromatic N) is 1. The fourth-order valence-corrected chi connectivity index (χ4v) is 3.02. The van der Waals surface area contributed by atoms with Crippen LogP contribution in [0, 0.1) is 5.92 Å². The molecule has 0 bridgehead atoms. The van der Waals surface area contributed by atoms with Crippen molar-refractivity contribution in [2.24, 2.45) is 11.7 Å². The van der Waals surface area contributed by atoms with E-state index < -0.39 is 10.2 Å². The van der Waals surface area contributed by atoms with Crippen molar-refractivity contribution in [2.75, 3.05) is 20.1 Å². The molecule has 0 heterocycles. The van der Waals surface area contributed by atoms with Crippen LogP contribution in [0.4, 0.5) is 0 Å². The molecular formula is C11H25N3O2S. The number of hydrogen-bond donors (Lipinski definition) is 2. The highest BCUT2D eigenvalue weighted by atomic mass is 32.2. The minimum Gasteiger partial charge on any atom is -0.330 e. The predicted molar refractivity (Wildman–Crippen MR) is 69.8 cm³/mol. The Balaban J connectivity index is 2.44. The summed E-state index contributed by atoms with van der Waals surface area (Å²) in [6.07, 6.45) is 5.01. The Hall–Kier alpha value is -0.170. The van der Waals surface area contributed by atoms with Crippen LogP contribution in [0.3, 0.4) is 0 Å². The molecule has 0 saturated heterocycles. The predicted octanol–water partition coefficient (Wildman–Crippen LogP) is 0.680. The molecule has 3 N–H and O–H groups in total. The SMILES string of the molecule is CCC(CC1CC1)NS(=O)(=O)N(C)CCCN. The Morgan fingerprint density at radius 2 is 2.12 bits per heavy atom. The molecule has 0 aromatic rings. The zero-order chi connectivity index (χ0) is 12.9. The topological polar surface area (TPSA) is 75.4 Å². The Morgan fingerprint density at radius 1 is 1.47 bits per heavy atom. The first-order valence-corrected chi connectivity index (χ1v) is 7.87. The lowest BCUT2D eigenvalue weighted by molar-refractivity contribution is 0.428. The summed E-state index contributed by atoms with van der Waals surface area (Å²) in [5.74, 6) is 0.733. The Morgan fingerprint density at radius 3 is 2.59 bits per heavy atom. The molecule has 0 amide bonds. The third kappa shape index (κ3) is 5.33. The van der Waals surface area contributed by atoms with Gasteiger partial charge in [0.05, 0.1) is 0 Å². The molecule has 5 nitrogen and oxygen atoms in total. The van der Waals surface area contributed by atoms with Gasteiger partial charge in [0.25, 0.3) is 10.2 Å². The third-order valence-electron chi connectivity index (χ3n) is 3.21. The van der Waals surface area contributed by atoms with Gasteiger partial charge in [-0.2, -0.15) is 17.4 Å². The summed E-state index contributed by atoms with van der Waals surface area (Å²) in [5.41, 5.74) is 5.38. The van der Waals surface area contributed by atoms with Crippen LogP contribution in [0.5, 0.6) is 0 Å². The number of rotatable bonds is 9. The van der Waals surface area contributed by atoms with E-state index in [9.17, 15) is 8.42 Å². The molecule has 6 heteroatoms. The summed E-state index contributed by atoms with van der Waals surface area (Å²) in [5, 5.41) is 0. The van der Waals surface area contributed by atoms with Crippen LogP contribution in [0.1, 0.15) is 39.0 Å². The number of nitrogens with two attached hydrogens (primary N) is 1. The highest BCUT2D eigenvalue weighted by Gasteiger charge is 2.28. The number of hydrogen-bond acceptors (Lipinski definition) is 3. The van der Waals surface area contributed by atoms with Gasteiger partial charge in [0.15, 0.2) is 0 Å². The Kier molecular flexibility index (Phi) is 5.85. The van der Waals surface area contributed by atoms with Gasteiger partial charge in [-0.1, -0.05) is 19.8 Å². The fourth-order valence-electron chi connectivity index (χ4n) is 1.79. The monoisotopic (exact) mass is 263 g/mol. The summed E-state index contributed by atoms with van der Waals surface area (Å²) < 4.78 is 28.1. The van der Waals surface area contributed by atoms with E-state index >= 15 is 0 Å². The molecule has 0 spiro atoms. The molecule has 17 heavy (non-hydrogen) atoms. The van der Waals surface area contributed by atoms with Gasteiger partial charge in [-0.25, -0.2) is 0 Å². The zero-order valence-electron chi connectivity index (χ0n) is 10.9. The summed E-state index contributed by atoms with van der Waals surface area (Å²) >= 11 is 0. The van der Waals surface area contributed by atoms with E-state index in [0.717, 1.165) is 18.8 Å². The van der Waals surface area contributed by atoms with Crippen molar-refractivity contribution in [1.29, 1.82) is 0 Å². The van der Waals surface area contributed by atoms with Crippen LogP contribution in [0.25, 0.3) is 0 Å². The molecule has 0 radical (unpaired) electrons. The van der Waals surface area contributed by atoms with Crippen molar-refractivity contribution in [3.63, 3.8) is 0 Å². The smallest absolute Gasteiger partial charge is 0.279 e. The van der Waals surface area contributed by atoms with E-state index in [0.29, 0.717) is 19.5 Å². The molecule has 0 aromatic heterocycles. The molecule has 1 saturated carbocycles. The van der Waals surface area contributed by atoms with Crippen LogP contribution in [0.2, 0.25) is 0 Å². The van der Waals surface area contributed by atoms with Crippen molar-refractivity contribution < 1.29 is 8.42 Å². The molecular weight excluding hydrogens is 238 g/mol. The largest absolute Gasteiger partial charge is 0.330 e. The van der Waals surface area contributed by atoms with Crippen molar-refractivity contribution in [2.45, 2.75) is 45.1 Å². The summed E-state index contributed by atoms with van der Waals surface area (Å²) in [4.78, 5) is 0. The number of nitrogens with one attached hydrogen (secondary N) is 1. The normalized spacial score (nSPS) is 18.6. The fraction of sp³-hybridized carbons (Fsp3) is 1.00. The maximum absolute atomic E-state index is 12.0.